The van der Waals surface area contributed by atoms with Crippen molar-refractivity contribution in [3.8, 4) is 5.75 Å². The van der Waals surface area contributed by atoms with Crippen molar-refractivity contribution in [1.82, 2.24) is 15.1 Å². The summed E-state index contributed by atoms with van der Waals surface area (Å²) >= 11 is 0. The predicted octanol–water partition coefficient (Wildman–Crippen LogP) is 0.860. The van der Waals surface area contributed by atoms with Crippen LogP contribution in [0.25, 0.3) is 0 Å². The summed E-state index contributed by atoms with van der Waals surface area (Å²) in [6.45, 7) is 6.14. The number of hydrogen-bond acceptors (Lipinski definition) is 5. The summed E-state index contributed by atoms with van der Waals surface area (Å²) in [7, 11) is 0. The number of amides is 1. The highest BCUT2D eigenvalue weighted by atomic mass is 16.5. The van der Waals surface area contributed by atoms with Crippen LogP contribution in [0.1, 0.15) is 18.4 Å². The van der Waals surface area contributed by atoms with E-state index in [1.807, 2.05) is 18.2 Å². The van der Waals surface area contributed by atoms with E-state index >= 15 is 0 Å². The van der Waals surface area contributed by atoms with Crippen LogP contribution in [-0.2, 0) is 16.1 Å². The SMILES string of the molecule is O=C(CN1CCOc2ccccc2C1)N[C@@H]1COC[C@H]1N1CCCC1. The van der Waals surface area contributed by atoms with Crippen LogP contribution in [-0.4, -0.2) is 73.8 Å². The minimum absolute atomic E-state index is 0.0825. The molecule has 3 aliphatic heterocycles. The number of nitrogens with one attached hydrogen (secondary N) is 1. The smallest absolute Gasteiger partial charge is 0.234 e. The average Bonchev–Trinajstić information content (AvgIpc) is 3.23. The summed E-state index contributed by atoms with van der Waals surface area (Å²) in [5.74, 6) is 1.02. The first-order chi connectivity index (χ1) is 12.3. The lowest BCUT2D eigenvalue weighted by molar-refractivity contribution is -0.123. The predicted molar refractivity (Wildman–Crippen MR) is 94.6 cm³/mol. The molecule has 0 radical (unpaired) electrons. The number of ether oxygens (including phenoxy) is 2. The molecular weight excluding hydrogens is 318 g/mol. The number of carbonyl (C=O) groups excluding carboxylic acids is 1. The van der Waals surface area contributed by atoms with Crippen molar-refractivity contribution < 1.29 is 14.3 Å². The van der Waals surface area contributed by atoms with Gasteiger partial charge < -0.3 is 14.8 Å². The molecule has 3 heterocycles. The Hall–Kier alpha value is -1.63. The number of hydrogen-bond donors (Lipinski definition) is 1. The first-order valence-corrected chi connectivity index (χ1v) is 9.34. The largest absolute Gasteiger partial charge is 0.492 e. The quantitative estimate of drug-likeness (QED) is 0.877. The second-order valence-electron chi connectivity index (χ2n) is 7.19. The highest BCUT2D eigenvalue weighted by Gasteiger charge is 2.35. The summed E-state index contributed by atoms with van der Waals surface area (Å²) in [6.07, 6.45) is 2.51. The topological polar surface area (TPSA) is 54.0 Å². The monoisotopic (exact) mass is 345 g/mol. The molecule has 2 fully saturated rings. The molecule has 1 aromatic rings. The third kappa shape index (κ3) is 3.97. The number of para-hydroxylation sites is 1. The molecule has 0 saturated carbocycles. The van der Waals surface area contributed by atoms with E-state index in [9.17, 15) is 4.79 Å². The molecule has 2 saturated heterocycles. The van der Waals surface area contributed by atoms with E-state index in [-0.39, 0.29) is 11.9 Å². The van der Waals surface area contributed by atoms with Gasteiger partial charge in [0.1, 0.15) is 12.4 Å². The zero-order chi connectivity index (χ0) is 17.1. The van der Waals surface area contributed by atoms with E-state index in [2.05, 4.69) is 21.2 Å². The lowest BCUT2D eigenvalue weighted by atomic mass is 10.1. The lowest BCUT2D eigenvalue weighted by Crippen LogP contribution is -2.52. The minimum Gasteiger partial charge on any atom is -0.492 e. The van der Waals surface area contributed by atoms with Gasteiger partial charge in [0.05, 0.1) is 31.8 Å². The zero-order valence-corrected chi connectivity index (χ0v) is 14.7. The highest BCUT2D eigenvalue weighted by Crippen LogP contribution is 2.22. The Bertz CT molecular complexity index is 603. The Balaban J connectivity index is 1.32. The van der Waals surface area contributed by atoms with Crippen molar-refractivity contribution in [3.05, 3.63) is 29.8 Å². The molecule has 0 aliphatic carbocycles. The molecule has 2 atom stereocenters. The van der Waals surface area contributed by atoms with Gasteiger partial charge in [-0.1, -0.05) is 18.2 Å². The maximum atomic E-state index is 12.6. The molecule has 1 amide bonds. The molecule has 6 heteroatoms. The van der Waals surface area contributed by atoms with Gasteiger partial charge in [-0.05, 0) is 32.0 Å². The third-order valence-corrected chi connectivity index (χ3v) is 5.41. The van der Waals surface area contributed by atoms with Gasteiger partial charge in [-0.2, -0.15) is 0 Å². The zero-order valence-electron chi connectivity index (χ0n) is 14.7. The van der Waals surface area contributed by atoms with Crippen molar-refractivity contribution in [3.63, 3.8) is 0 Å². The van der Waals surface area contributed by atoms with Crippen molar-refractivity contribution >= 4 is 5.91 Å². The van der Waals surface area contributed by atoms with Gasteiger partial charge in [0, 0.05) is 18.7 Å². The fourth-order valence-corrected chi connectivity index (χ4v) is 4.08. The number of benzene rings is 1. The fourth-order valence-electron chi connectivity index (χ4n) is 4.08. The van der Waals surface area contributed by atoms with Crippen LogP contribution in [0.15, 0.2) is 24.3 Å². The van der Waals surface area contributed by atoms with Gasteiger partial charge >= 0.3 is 0 Å². The Labute approximate surface area is 149 Å². The molecular formula is C19H27N3O3. The van der Waals surface area contributed by atoms with Crippen LogP contribution < -0.4 is 10.1 Å². The molecule has 0 spiro atoms. The van der Waals surface area contributed by atoms with Crippen molar-refractivity contribution in [1.29, 1.82) is 0 Å². The average molecular weight is 345 g/mol. The van der Waals surface area contributed by atoms with Gasteiger partial charge in [0.15, 0.2) is 0 Å². The van der Waals surface area contributed by atoms with E-state index in [0.29, 0.717) is 25.8 Å². The molecule has 0 bridgehead atoms. The van der Waals surface area contributed by atoms with Crippen LogP contribution >= 0.6 is 0 Å². The number of carbonyl (C=O) groups is 1. The lowest BCUT2D eigenvalue weighted by Gasteiger charge is -2.28. The second-order valence-corrected chi connectivity index (χ2v) is 7.19. The van der Waals surface area contributed by atoms with E-state index in [1.165, 1.54) is 12.8 Å². The Morgan fingerprint density at radius 1 is 1.16 bits per heavy atom. The molecule has 6 nitrogen and oxygen atoms in total. The summed E-state index contributed by atoms with van der Waals surface area (Å²) in [6, 6.07) is 8.51. The summed E-state index contributed by atoms with van der Waals surface area (Å²) in [4.78, 5) is 17.2. The van der Waals surface area contributed by atoms with Crippen LogP contribution in [0.5, 0.6) is 5.75 Å². The third-order valence-electron chi connectivity index (χ3n) is 5.41. The van der Waals surface area contributed by atoms with E-state index < -0.39 is 0 Å². The Kier molecular flexibility index (Phi) is 5.20. The fraction of sp³-hybridized carbons (Fsp3) is 0.632. The van der Waals surface area contributed by atoms with Crippen molar-refractivity contribution in [2.45, 2.75) is 31.5 Å². The first-order valence-electron chi connectivity index (χ1n) is 9.34. The molecule has 1 aromatic carbocycles. The first kappa shape index (κ1) is 16.8. The van der Waals surface area contributed by atoms with E-state index in [1.54, 1.807) is 0 Å². The van der Waals surface area contributed by atoms with Gasteiger partial charge in [0.25, 0.3) is 0 Å². The highest BCUT2D eigenvalue weighted by molar-refractivity contribution is 5.78. The molecule has 3 aliphatic rings. The normalized spacial score (nSPS) is 27.5. The van der Waals surface area contributed by atoms with Gasteiger partial charge in [-0.25, -0.2) is 0 Å². The Morgan fingerprint density at radius 3 is 2.88 bits per heavy atom. The molecule has 0 aromatic heterocycles. The van der Waals surface area contributed by atoms with Crippen LogP contribution in [0, 0.1) is 0 Å². The van der Waals surface area contributed by atoms with Crippen molar-refractivity contribution in [2.24, 2.45) is 0 Å². The maximum Gasteiger partial charge on any atom is 0.234 e. The number of rotatable bonds is 4. The van der Waals surface area contributed by atoms with Crippen LogP contribution in [0.4, 0.5) is 0 Å². The number of fused-ring (bicyclic) bond motifs is 1. The molecule has 0 unspecified atom stereocenters. The van der Waals surface area contributed by atoms with Crippen molar-refractivity contribution in [2.75, 3.05) is 46.0 Å². The molecule has 25 heavy (non-hydrogen) atoms. The maximum absolute atomic E-state index is 12.6. The van der Waals surface area contributed by atoms with Gasteiger partial charge in [-0.3, -0.25) is 14.6 Å². The van der Waals surface area contributed by atoms with E-state index in [4.69, 9.17) is 9.47 Å². The van der Waals surface area contributed by atoms with E-state index in [0.717, 1.165) is 44.1 Å². The summed E-state index contributed by atoms with van der Waals surface area (Å²) < 4.78 is 11.4. The second kappa shape index (κ2) is 7.72. The van der Waals surface area contributed by atoms with Gasteiger partial charge in [-0.15, -0.1) is 0 Å². The number of nitrogens with zero attached hydrogens (tertiary/aromatic N) is 2. The molecule has 1 N–H and O–H groups in total. The minimum atomic E-state index is 0.0825. The Morgan fingerprint density at radius 2 is 2.00 bits per heavy atom. The van der Waals surface area contributed by atoms with Crippen LogP contribution in [0.2, 0.25) is 0 Å². The van der Waals surface area contributed by atoms with Crippen LogP contribution in [0.3, 0.4) is 0 Å². The molecule has 4 rings (SSSR count). The molecule has 136 valence electrons. The summed E-state index contributed by atoms with van der Waals surface area (Å²) in [5, 5.41) is 3.21. The number of likely N-dealkylation sites (tertiary alicyclic amines) is 1. The van der Waals surface area contributed by atoms with Gasteiger partial charge in [0.2, 0.25) is 5.91 Å². The summed E-state index contributed by atoms with van der Waals surface area (Å²) in [5.41, 5.74) is 1.15. The standard InChI is InChI=1S/C19H27N3O3/c23-19(20-16-13-24-14-17(16)22-7-3-4-8-22)12-21-9-10-25-18-6-2-1-5-15(18)11-21/h1-2,5-6,16-17H,3-4,7-14H2,(H,20,23)/t16-,17-/m1/s1.